The molecule has 0 aromatic rings. The van der Waals surface area contributed by atoms with Gasteiger partial charge in [0.25, 0.3) is 0 Å². The van der Waals surface area contributed by atoms with Crippen LogP contribution in [0.25, 0.3) is 0 Å². The van der Waals surface area contributed by atoms with Crippen molar-refractivity contribution >= 4 is 7.68 Å². The van der Waals surface area contributed by atoms with Crippen molar-refractivity contribution in [3.63, 3.8) is 0 Å². The van der Waals surface area contributed by atoms with E-state index in [9.17, 15) is 8.76 Å². The molecule has 12 heavy (non-hydrogen) atoms. The predicted molar refractivity (Wildman–Crippen MR) is 47.9 cm³/mol. The molecule has 0 aliphatic heterocycles. The summed E-state index contributed by atoms with van der Waals surface area (Å²) in [5.41, 5.74) is 0. The topological polar surface area (TPSA) is 26.3 Å². The van der Waals surface area contributed by atoms with Crippen LogP contribution in [-0.4, -0.2) is 12.8 Å². The number of hydrogen-bond donors (Lipinski definition) is 0. The molecule has 4 heteroatoms. The van der Waals surface area contributed by atoms with Gasteiger partial charge in [0.2, 0.25) is 0 Å². The summed E-state index contributed by atoms with van der Waals surface area (Å²) in [6, 6.07) is 0. The highest BCUT2D eigenvalue weighted by atomic mass is 31.2. The molecule has 0 N–H and O–H groups in total. The molecule has 0 rings (SSSR count). The Morgan fingerprint density at radius 1 is 1.58 bits per heavy atom. The highest BCUT2D eigenvalue weighted by Gasteiger charge is 2.19. The van der Waals surface area contributed by atoms with Crippen molar-refractivity contribution in [3.8, 4) is 12.3 Å². The lowest BCUT2D eigenvalue weighted by Crippen LogP contribution is -1.90. The lowest BCUT2D eigenvalue weighted by molar-refractivity contribution is 0.303. The SMILES string of the molecule is C#CCCCCP(=O)(F)OCC. The third-order valence-electron chi connectivity index (χ3n) is 1.32. The average molecular weight is 192 g/mol. The molecule has 1 unspecified atom stereocenters. The molecule has 2 nitrogen and oxygen atoms in total. The second kappa shape index (κ2) is 6.22. The van der Waals surface area contributed by atoms with E-state index in [0.717, 1.165) is 0 Å². The number of rotatable bonds is 6. The van der Waals surface area contributed by atoms with Gasteiger partial charge >= 0.3 is 7.68 Å². The smallest absolute Gasteiger partial charge is 0.306 e. The molecular formula is C8H14FO2P. The van der Waals surface area contributed by atoms with Crippen molar-refractivity contribution in [3.05, 3.63) is 0 Å². The zero-order valence-electron chi connectivity index (χ0n) is 7.25. The zero-order valence-corrected chi connectivity index (χ0v) is 8.15. The maximum Gasteiger partial charge on any atom is 0.367 e. The molecule has 0 spiro atoms. The second-order valence-electron chi connectivity index (χ2n) is 2.39. The fourth-order valence-corrected chi connectivity index (χ4v) is 1.90. The summed E-state index contributed by atoms with van der Waals surface area (Å²) in [7, 11) is -3.80. The molecule has 0 fully saturated rings. The van der Waals surface area contributed by atoms with Crippen LogP contribution in [-0.2, 0) is 9.09 Å². The van der Waals surface area contributed by atoms with E-state index in [0.29, 0.717) is 19.3 Å². The molecule has 1 atom stereocenters. The summed E-state index contributed by atoms with van der Waals surface area (Å²) >= 11 is 0. The molecule has 0 aliphatic rings. The van der Waals surface area contributed by atoms with Crippen LogP contribution in [0.2, 0.25) is 0 Å². The standard InChI is InChI=1S/C8H14FO2P/c1-3-5-6-7-8-12(9,10)11-4-2/h1H,4-8H2,2H3. The van der Waals surface area contributed by atoms with Crippen LogP contribution in [0.15, 0.2) is 0 Å². The lowest BCUT2D eigenvalue weighted by atomic mass is 10.3. The zero-order chi connectivity index (χ0) is 9.45. The third kappa shape index (κ3) is 6.39. The van der Waals surface area contributed by atoms with Gasteiger partial charge in [-0.2, -0.15) is 4.20 Å². The van der Waals surface area contributed by atoms with E-state index in [2.05, 4.69) is 10.4 Å². The molecule has 0 radical (unpaired) electrons. The Morgan fingerprint density at radius 2 is 2.25 bits per heavy atom. The molecule has 70 valence electrons. The number of terminal acetylenes is 1. The van der Waals surface area contributed by atoms with E-state index in [-0.39, 0.29) is 12.8 Å². The fourth-order valence-electron chi connectivity index (χ4n) is 0.785. The first-order chi connectivity index (χ1) is 5.62. The molecule has 0 amide bonds. The van der Waals surface area contributed by atoms with Gasteiger partial charge in [-0.1, -0.05) is 0 Å². The number of unbranched alkanes of at least 4 members (excludes halogenated alkanes) is 2. The Labute approximate surface area is 73.1 Å². The number of hydrogen-bond acceptors (Lipinski definition) is 2. The quantitative estimate of drug-likeness (QED) is 0.367. The van der Waals surface area contributed by atoms with Crippen LogP contribution in [0.4, 0.5) is 4.20 Å². The second-order valence-corrected chi connectivity index (χ2v) is 4.28. The van der Waals surface area contributed by atoms with Gasteiger partial charge in [-0.3, -0.25) is 4.57 Å². The minimum absolute atomic E-state index is 0.0114. The van der Waals surface area contributed by atoms with Crippen LogP contribution in [0, 0.1) is 12.3 Å². The first kappa shape index (κ1) is 11.7. The van der Waals surface area contributed by atoms with Gasteiger partial charge in [0.05, 0.1) is 12.8 Å². The Balaban J connectivity index is 3.49. The van der Waals surface area contributed by atoms with Gasteiger partial charge in [0, 0.05) is 6.42 Å². The monoisotopic (exact) mass is 192 g/mol. The van der Waals surface area contributed by atoms with E-state index in [1.54, 1.807) is 6.92 Å². The average Bonchev–Trinajstić information content (AvgIpc) is 1.98. The highest BCUT2D eigenvalue weighted by Crippen LogP contribution is 2.49. The van der Waals surface area contributed by atoms with E-state index >= 15 is 0 Å². The minimum atomic E-state index is -3.80. The van der Waals surface area contributed by atoms with Crippen molar-refractivity contribution in [2.45, 2.75) is 26.2 Å². The molecule has 0 saturated heterocycles. The first-order valence-electron chi connectivity index (χ1n) is 3.99. The van der Waals surface area contributed by atoms with Gasteiger partial charge in [0.1, 0.15) is 0 Å². The summed E-state index contributed by atoms with van der Waals surface area (Å²) in [5.74, 6) is 2.43. The predicted octanol–water partition coefficient (Wildman–Crippen LogP) is 2.99. The maximum atomic E-state index is 12.8. The summed E-state index contributed by atoms with van der Waals surface area (Å²) in [5, 5.41) is 0. The number of halogens is 1. The third-order valence-corrected chi connectivity index (χ3v) is 2.81. The van der Waals surface area contributed by atoms with E-state index in [1.165, 1.54) is 0 Å². The van der Waals surface area contributed by atoms with Crippen molar-refractivity contribution in [1.82, 2.24) is 0 Å². The van der Waals surface area contributed by atoms with Gasteiger partial charge in [0.15, 0.2) is 0 Å². The van der Waals surface area contributed by atoms with E-state index in [1.807, 2.05) is 0 Å². The van der Waals surface area contributed by atoms with Crippen molar-refractivity contribution in [1.29, 1.82) is 0 Å². The van der Waals surface area contributed by atoms with E-state index < -0.39 is 7.68 Å². The Kier molecular flexibility index (Phi) is 6.06. The van der Waals surface area contributed by atoms with Crippen LogP contribution in [0.3, 0.4) is 0 Å². The molecule has 0 aromatic heterocycles. The van der Waals surface area contributed by atoms with Crippen molar-refractivity contribution in [2.75, 3.05) is 12.8 Å². The molecule has 0 bridgehead atoms. The Bertz CT molecular complexity index is 198. The van der Waals surface area contributed by atoms with Gasteiger partial charge in [-0.15, -0.1) is 12.3 Å². The molecular weight excluding hydrogens is 178 g/mol. The fraction of sp³-hybridized carbons (Fsp3) is 0.750. The van der Waals surface area contributed by atoms with Crippen LogP contribution >= 0.6 is 7.68 Å². The Morgan fingerprint density at radius 3 is 2.75 bits per heavy atom. The highest BCUT2D eigenvalue weighted by molar-refractivity contribution is 7.53. The molecule has 0 heterocycles. The maximum absolute atomic E-state index is 12.8. The largest absolute Gasteiger partial charge is 0.367 e. The van der Waals surface area contributed by atoms with Crippen molar-refractivity contribution in [2.24, 2.45) is 0 Å². The summed E-state index contributed by atoms with van der Waals surface area (Å²) < 4.78 is 28.1. The Hall–Kier alpha value is -0.320. The molecule has 0 saturated carbocycles. The summed E-state index contributed by atoms with van der Waals surface area (Å²) in [4.78, 5) is 0. The van der Waals surface area contributed by atoms with Crippen molar-refractivity contribution < 1.29 is 13.3 Å². The van der Waals surface area contributed by atoms with E-state index in [4.69, 9.17) is 6.42 Å². The summed E-state index contributed by atoms with van der Waals surface area (Å²) in [6.45, 7) is 1.77. The van der Waals surface area contributed by atoms with Crippen LogP contribution in [0.5, 0.6) is 0 Å². The molecule has 0 aliphatic carbocycles. The molecule has 0 aromatic carbocycles. The van der Waals surface area contributed by atoms with Gasteiger partial charge in [-0.25, -0.2) is 0 Å². The normalized spacial score (nSPS) is 15.1. The van der Waals surface area contributed by atoms with Gasteiger partial charge in [-0.05, 0) is 19.8 Å². The van der Waals surface area contributed by atoms with Crippen LogP contribution in [0.1, 0.15) is 26.2 Å². The lowest BCUT2D eigenvalue weighted by Gasteiger charge is -2.06. The first-order valence-corrected chi connectivity index (χ1v) is 5.69. The van der Waals surface area contributed by atoms with Crippen LogP contribution < -0.4 is 0 Å². The minimum Gasteiger partial charge on any atom is -0.306 e. The summed E-state index contributed by atoms with van der Waals surface area (Å²) in [6.07, 6.45) is 6.82. The van der Waals surface area contributed by atoms with Gasteiger partial charge < -0.3 is 4.52 Å².